The second-order valence-corrected chi connectivity index (χ2v) is 8.64. The average molecular weight is 467 g/mol. The van der Waals surface area contributed by atoms with Gasteiger partial charge in [0.1, 0.15) is 6.10 Å². The number of benzene rings is 3. The van der Waals surface area contributed by atoms with E-state index in [9.17, 15) is 9.59 Å². The SMILES string of the molecule is CSc1ccc(C(C)OC(=O)NC(C)c2ccc(C(=O)Nc3ccccc3S)cc2)cc1. The number of ether oxygens (including phenoxy) is 1. The van der Waals surface area contributed by atoms with Crippen LogP contribution in [0.25, 0.3) is 0 Å². The van der Waals surface area contributed by atoms with E-state index in [4.69, 9.17) is 4.74 Å². The van der Waals surface area contributed by atoms with E-state index in [1.807, 2.05) is 74.7 Å². The molecule has 2 unspecified atom stereocenters. The Kier molecular flexibility index (Phi) is 8.25. The maximum absolute atomic E-state index is 12.5. The molecule has 3 aromatic rings. The summed E-state index contributed by atoms with van der Waals surface area (Å²) in [6.07, 6.45) is 1.16. The number of hydrogen-bond donors (Lipinski definition) is 3. The molecule has 5 nitrogen and oxygen atoms in total. The van der Waals surface area contributed by atoms with Crippen LogP contribution >= 0.6 is 24.4 Å². The number of amides is 2. The van der Waals surface area contributed by atoms with Crippen molar-refractivity contribution in [2.24, 2.45) is 0 Å². The molecule has 3 aromatic carbocycles. The Hall–Kier alpha value is -2.90. The molecule has 0 aliphatic rings. The van der Waals surface area contributed by atoms with Crippen molar-refractivity contribution >= 4 is 42.1 Å². The summed E-state index contributed by atoms with van der Waals surface area (Å²) in [5.74, 6) is -0.223. The normalized spacial score (nSPS) is 12.5. The Morgan fingerprint density at radius 3 is 2.16 bits per heavy atom. The van der Waals surface area contributed by atoms with Gasteiger partial charge in [-0.1, -0.05) is 36.4 Å². The Labute approximate surface area is 198 Å². The van der Waals surface area contributed by atoms with E-state index < -0.39 is 6.09 Å². The molecule has 2 amide bonds. The molecule has 0 saturated heterocycles. The average Bonchev–Trinajstić information content (AvgIpc) is 2.80. The topological polar surface area (TPSA) is 67.4 Å². The van der Waals surface area contributed by atoms with Gasteiger partial charge in [0.05, 0.1) is 11.7 Å². The molecule has 0 spiro atoms. The molecule has 2 atom stereocenters. The van der Waals surface area contributed by atoms with Crippen LogP contribution in [0, 0.1) is 0 Å². The van der Waals surface area contributed by atoms with Crippen LogP contribution < -0.4 is 10.6 Å². The van der Waals surface area contributed by atoms with Crippen molar-refractivity contribution in [3.63, 3.8) is 0 Å². The second kappa shape index (κ2) is 11.1. The quantitative estimate of drug-likeness (QED) is 0.275. The molecule has 3 rings (SSSR count). The van der Waals surface area contributed by atoms with Gasteiger partial charge in [0.25, 0.3) is 5.91 Å². The fourth-order valence-electron chi connectivity index (χ4n) is 3.09. The van der Waals surface area contributed by atoms with Crippen molar-refractivity contribution in [3.8, 4) is 0 Å². The van der Waals surface area contributed by atoms with Gasteiger partial charge in [0.15, 0.2) is 0 Å². The number of rotatable bonds is 7. The van der Waals surface area contributed by atoms with Crippen LogP contribution in [-0.4, -0.2) is 18.3 Å². The molecule has 0 saturated carbocycles. The van der Waals surface area contributed by atoms with E-state index in [-0.39, 0.29) is 18.1 Å². The number of hydrogen-bond acceptors (Lipinski definition) is 5. The van der Waals surface area contributed by atoms with E-state index in [2.05, 4.69) is 23.3 Å². The number of anilines is 1. The number of para-hydroxylation sites is 1. The molecule has 0 aromatic heterocycles. The number of nitrogens with one attached hydrogen (secondary N) is 2. The minimum Gasteiger partial charge on any atom is -0.442 e. The lowest BCUT2D eigenvalue weighted by molar-refractivity contribution is 0.102. The lowest BCUT2D eigenvalue weighted by atomic mass is 10.1. The third kappa shape index (κ3) is 6.31. The third-order valence-corrected chi connectivity index (χ3v) is 6.16. The first-order valence-electron chi connectivity index (χ1n) is 10.2. The minimum atomic E-state index is -0.494. The van der Waals surface area contributed by atoms with Gasteiger partial charge >= 0.3 is 6.09 Å². The Morgan fingerprint density at radius 2 is 1.53 bits per heavy atom. The van der Waals surface area contributed by atoms with Gasteiger partial charge in [0, 0.05) is 15.4 Å². The van der Waals surface area contributed by atoms with Crippen LogP contribution in [0.15, 0.2) is 82.6 Å². The molecular weight excluding hydrogens is 440 g/mol. The van der Waals surface area contributed by atoms with Crippen molar-refractivity contribution in [1.82, 2.24) is 5.32 Å². The van der Waals surface area contributed by atoms with Gasteiger partial charge in [-0.25, -0.2) is 4.79 Å². The van der Waals surface area contributed by atoms with Crippen LogP contribution in [0.2, 0.25) is 0 Å². The Morgan fingerprint density at radius 1 is 0.906 bits per heavy atom. The summed E-state index contributed by atoms with van der Waals surface area (Å²) in [5, 5.41) is 5.68. The smallest absolute Gasteiger partial charge is 0.408 e. The van der Waals surface area contributed by atoms with E-state index in [1.165, 1.54) is 0 Å². The van der Waals surface area contributed by atoms with Crippen molar-refractivity contribution in [3.05, 3.63) is 89.5 Å². The zero-order valence-electron chi connectivity index (χ0n) is 18.2. The third-order valence-electron chi connectivity index (χ3n) is 5.03. The van der Waals surface area contributed by atoms with Crippen molar-refractivity contribution in [2.45, 2.75) is 35.8 Å². The fourth-order valence-corrected chi connectivity index (χ4v) is 3.72. The predicted octanol–water partition coefficient (Wildman–Crippen LogP) is 6.50. The molecule has 7 heteroatoms. The molecule has 0 aliphatic heterocycles. The van der Waals surface area contributed by atoms with E-state index >= 15 is 0 Å². The molecule has 0 heterocycles. The number of thiol groups is 1. The highest BCUT2D eigenvalue weighted by Crippen LogP contribution is 2.23. The maximum Gasteiger partial charge on any atom is 0.408 e. The largest absolute Gasteiger partial charge is 0.442 e. The van der Waals surface area contributed by atoms with Gasteiger partial charge in [-0.2, -0.15) is 0 Å². The summed E-state index contributed by atoms with van der Waals surface area (Å²) < 4.78 is 5.51. The zero-order valence-corrected chi connectivity index (χ0v) is 19.9. The highest BCUT2D eigenvalue weighted by molar-refractivity contribution is 7.98. The summed E-state index contributed by atoms with van der Waals surface area (Å²) in [6, 6.07) is 22.1. The van der Waals surface area contributed by atoms with E-state index in [0.29, 0.717) is 16.1 Å². The first-order valence-corrected chi connectivity index (χ1v) is 11.8. The highest BCUT2D eigenvalue weighted by Gasteiger charge is 2.16. The van der Waals surface area contributed by atoms with E-state index in [0.717, 1.165) is 16.0 Å². The van der Waals surface area contributed by atoms with Crippen molar-refractivity contribution in [2.75, 3.05) is 11.6 Å². The van der Waals surface area contributed by atoms with E-state index in [1.54, 1.807) is 30.0 Å². The fraction of sp³-hybridized carbons (Fsp3) is 0.200. The van der Waals surface area contributed by atoms with Gasteiger partial charge in [0.2, 0.25) is 0 Å². The number of carbonyl (C=O) groups is 2. The number of alkyl carbamates (subject to hydrolysis) is 1. The lowest BCUT2D eigenvalue weighted by Crippen LogP contribution is -2.28. The number of thioether (sulfide) groups is 1. The number of carbonyl (C=O) groups excluding carboxylic acids is 2. The Balaban J connectivity index is 1.55. The molecule has 0 aliphatic carbocycles. The first-order chi connectivity index (χ1) is 15.4. The van der Waals surface area contributed by atoms with Gasteiger partial charge < -0.3 is 15.4 Å². The van der Waals surface area contributed by atoms with Crippen LogP contribution in [-0.2, 0) is 4.74 Å². The first kappa shape index (κ1) is 23.8. The predicted molar refractivity (Wildman–Crippen MR) is 133 cm³/mol. The van der Waals surface area contributed by atoms with Crippen molar-refractivity contribution in [1.29, 1.82) is 0 Å². The van der Waals surface area contributed by atoms with Crippen LogP contribution in [0.1, 0.15) is 47.5 Å². The monoisotopic (exact) mass is 466 g/mol. The van der Waals surface area contributed by atoms with Gasteiger partial charge in [-0.15, -0.1) is 24.4 Å². The lowest BCUT2D eigenvalue weighted by Gasteiger charge is -2.18. The highest BCUT2D eigenvalue weighted by atomic mass is 32.2. The minimum absolute atomic E-state index is 0.223. The maximum atomic E-state index is 12.5. The standard InChI is InChI=1S/C25H26N2O3S2/c1-16(26-25(29)30-17(2)19-12-14-21(32-3)15-13-19)18-8-10-20(11-9-18)24(28)27-22-6-4-5-7-23(22)31/h4-17,31H,1-3H3,(H,26,29)(H,27,28). The summed E-state index contributed by atoms with van der Waals surface area (Å²) in [6.45, 7) is 3.71. The molecule has 0 radical (unpaired) electrons. The summed E-state index contributed by atoms with van der Waals surface area (Å²) in [4.78, 5) is 26.7. The molecule has 0 fully saturated rings. The van der Waals surface area contributed by atoms with Crippen LogP contribution in [0.4, 0.5) is 10.5 Å². The summed E-state index contributed by atoms with van der Waals surface area (Å²) >= 11 is 6.01. The van der Waals surface area contributed by atoms with Crippen LogP contribution in [0.5, 0.6) is 0 Å². The zero-order chi connectivity index (χ0) is 23.1. The Bertz CT molecular complexity index is 1070. The molecule has 166 valence electrons. The van der Waals surface area contributed by atoms with Gasteiger partial charge in [-0.05, 0) is 67.6 Å². The second-order valence-electron chi connectivity index (χ2n) is 7.28. The summed E-state index contributed by atoms with van der Waals surface area (Å²) in [5.41, 5.74) is 2.97. The molecule has 0 bridgehead atoms. The summed E-state index contributed by atoms with van der Waals surface area (Å²) in [7, 11) is 0. The van der Waals surface area contributed by atoms with Gasteiger partial charge in [-0.3, -0.25) is 4.79 Å². The molecule has 2 N–H and O–H groups in total. The van der Waals surface area contributed by atoms with Crippen molar-refractivity contribution < 1.29 is 14.3 Å². The van der Waals surface area contributed by atoms with Crippen LogP contribution in [0.3, 0.4) is 0 Å². The molecular formula is C25H26N2O3S2. The molecule has 32 heavy (non-hydrogen) atoms.